The molecule has 0 saturated heterocycles. The van der Waals surface area contributed by atoms with Crippen LogP contribution in [-0.4, -0.2) is 0 Å². The maximum absolute atomic E-state index is 3.80. The molecule has 0 aromatic carbocycles. The van der Waals surface area contributed by atoms with E-state index in [9.17, 15) is 0 Å². The lowest BCUT2D eigenvalue weighted by molar-refractivity contribution is 0.644. The average molecular weight is 196 g/mol. The third kappa shape index (κ3) is 14.0. The van der Waals surface area contributed by atoms with Crippen LogP contribution in [0.25, 0.3) is 0 Å². The Morgan fingerprint density at radius 3 is 1.57 bits per heavy atom. The summed E-state index contributed by atoms with van der Waals surface area (Å²) in [6.45, 7) is 18.9. The molecule has 0 aliphatic carbocycles. The van der Waals surface area contributed by atoms with Crippen LogP contribution in [0.4, 0.5) is 0 Å². The summed E-state index contributed by atoms with van der Waals surface area (Å²) in [5.41, 5.74) is 2.76. The van der Waals surface area contributed by atoms with Crippen LogP contribution < -0.4 is 0 Å². The summed E-state index contributed by atoms with van der Waals surface area (Å²) in [6.07, 6.45) is 3.32. The molecule has 14 heavy (non-hydrogen) atoms. The van der Waals surface area contributed by atoms with Crippen molar-refractivity contribution in [3.05, 3.63) is 23.8 Å². The third-order valence-electron chi connectivity index (χ3n) is 2.12. The van der Waals surface area contributed by atoms with Gasteiger partial charge in [-0.2, -0.15) is 0 Å². The summed E-state index contributed by atoms with van der Waals surface area (Å²) in [4.78, 5) is 0. The van der Waals surface area contributed by atoms with E-state index < -0.39 is 0 Å². The summed E-state index contributed by atoms with van der Waals surface area (Å²) >= 11 is 0. The Hall–Kier alpha value is -0.520. The molecule has 0 amide bonds. The lowest BCUT2D eigenvalue weighted by Gasteiger charge is -2.00. The highest BCUT2D eigenvalue weighted by molar-refractivity contribution is 4.97. The van der Waals surface area contributed by atoms with Crippen molar-refractivity contribution in [2.24, 2.45) is 11.8 Å². The minimum absolute atomic E-state index is 0.727. The van der Waals surface area contributed by atoms with Crippen LogP contribution in [0.3, 0.4) is 0 Å². The van der Waals surface area contributed by atoms with Gasteiger partial charge in [0.05, 0.1) is 0 Å². The third-order valence-corrected chi connectivity index (χ3v) is 2.12. The lowest BCUT2D eigenvalue weighted by Crippen LogP contribution is -1.85. The zero-order valence-electron chi connectivity index (χ0n) is 11.1. The highest BCUT2D eigenvalue weighted by Gasteiger charge is 1.90. The van der Waals surface area contributed by atoms with Crippen LogP contribution in [0, 0.1) is 11.8 Å². The first-order valence-corrected chi connectivity index (χ1v) is 5.58. The summed E-state index contributed by atoms with van der Waals surface area (Å²) in [5, 5.41) is 0. The number of hydrogen-bond donors (Lipinski definition) is 0. The Morgan fingerprint density at radius 1 is 1.14 bits per heavy atom. The molecule has 0 bridgehead atoms. The van der Waals surface area contributed by atoms with E-state index in [1.54, 1.807) is 0 Å². The maximum Gasteiger partial charge on any atom is -0.0263 e. The van der Waals surface area contributed by atoms with Crippen LogP contribution in [-0.2, 0) is 0 Å². The molecule has 0 heterocycles. The quantitative estimate of drug-likeness (QED) is 0.543. The molecule has 0 N–H and O–H groups in total. The van der Waals surface area contributed by atoms with Crippen molar-refractivity contribution in [2.45, 2.75) is 54.9 Å². The topological polar surface area (TPSA) is 0 Å². The smallest absolute Gasteiger partial charge is 0.0263 e. The van der Waals surface area contributed by atoms with E-state index in [0.29, 0.717) is 0 Å². The predicted molar refractivity (Wildman–Crippen MR) is 68.5 cm³/mol. The van der Waals surface area contributed by atoms with Gasteiger partial charge in [0, 0.05) is 0 Å². The van der Waals surface area contributed by atoms with E-state index in [2.05, 4.69) is 61.1 Å². The number of hydrogen-bond acceptors (Lipinski definition) is 0. The number of allylic oxidation sites excluding steroid dienone is 3. The van der Waals surface area contributed by atoms with Crippen LogP contribution in [0.15, 0.2) is 23.8 Å². The number of rotatable bonds is 3. The van der Waals surface area contributed by atoms with Gasteiger partial charge in [-0.25, -0.2) is 0 Å². The van der Waals surface area contributed by atoms with Gasteiger partial charge >= 0.3 is 0 Å². The van der Waals surface area contributed by atoms with Gasteiger partial charge in [0.25, 0.3) is 0 Å². The molecular formula is C14H28. The molecule has 0 nitrogen and oxygen atoms in total. The second kappa shape index (κ2) is 9.05. The van der Waals surface area contributed by atoms with Crippen molar-refractivity contribution in [2.75, 3.05) is 0 Å². The molecule has 0 fully saturated rings. The molecule has 0 aliphatic heterocycles. The summed E-state index contributed by atoms with van der Waals surface area (Å²) in [5.74, 6) is 1.50. The fraction of sp³-hybridized carbons (Fsp3) is 0.714. The van der Waals surface area contributed by atoms with Crippen LogP contribution in [0.1, 0.15) is 54.9 Å². The minimum atomic E-state index is 0.727. The van der Waals surface area contributed by atoms with Crippen LogP contribution in [0.5, 0.6) is 0 Å². The monoisotopic (exact) mass is 196 g/mol. The molecule has 84 valence electrons. The molecule has 0 rings (SSSR count). The Morgan fingerprint density at radius 2 is 1.57 bits per heavy atom. The average Bonchev–Trinajstić information content (AvgIpc) is 2.01. The van der Waals surface area contributed by atoms with E-state index in [1.807, 2.05) is 0 Å². The fourth-order valence-electron chi connectivity index (χ4n) is 1.03. The Balaban J connectivity index is 0. The van der Waals surface area contributed by atoms with Crippen molar-refractivity contribution in [1.29, 1.82) is 0 Å². The normalized spacial score (nSPS) is 11.4. The standard InChI is InChI=1S/2C7H14/c1-6(2)5-7(3)4;1-5-7(4)6(2)3/h7H,1,5H2,2-4H3;5-6H,1-4H3/b;7-5+. The molecule has 0 radical (unpaired) electrons. The summed E-state index contributed by atoms with van der Waals surface area (Å²) in [6, 6.07) is 0. The molecule has 0 spiro atoms. The van der Waals surface area contributed by atoms with Gasteiger partial charge in [-0.15, -0.1) is 6.58 Å². The minimum Gasteiger partial charge on any atom is -0.100 e. The van der Waals surface area contributed by atoms with Crippen LogP contribution in [0.2, 0.25) is 0 Å². The fourth-order valence-corrected chi connectivity index (χ4v) is 1.03. The molecule has 0 aromatic heterocycles. The van der Waals surface area contributed by atoms with E-state index in [4.69, 9.17) is 0 Å². The Bertz CT molecular complexity index is 170. The second-order valence-corrected chi connectivity index (χ2v) is 4.74. The molecule has 0 saturated carbocycles. The van der Waals surface area contributed by atoms with E-state index in [0.717, 1.165) is 11.8 Å². The van der Waals surface area contributed by atoms with Crippen molar-refractivity contribution in [3.63, 3.8) is 0 Å². The highest BCUT2D eigenvalue weighted by atomic mass is 14.0. The molecular weight excluding hydrogens is 168 g/mol. The summed E-state index contributed by atoms with van der Waals surface area (Å²) < 4.78 is 0. The second-order valence-electron chi connectivity index (χ2n) is 4.74. The van der Waals surface area contributed by atoms with Crippen molar-refractivity contribution >= 4 is 0 Å². The zero-order valence-corrected chi connectivity index (χ0v) is 11.1. The van der Waals surface area contributed by atoms with Gasteiger partial charge in [0.1, 0.15) is 0 Å². The van der Waals surface area contributed by atoms with Gasteiger partial charge in [0.2, 0.25) is 0 Å². The molecule has 0 aromatic rings. The van der Waals surface area contributed by atoms with Crippen molar-refractivity contribution in [3.8, 4) is 0 Å². The lowest BCUT2D eigenvalue weighted by atomic mass is 10.1. The highest BCUT2D eigenvalue weighted by Crippen LogP contribution is 2.06. The van der Waals surface area contributed by atoms with Gasteiger partial charge in [-0.05, 0) is 39.0 Å². The molecule has 0 aliphatic rings. The van der Waals surface area contributed by atoms with Crippen molar-refractivity contribution in [1.82, 2.24) is 0 Å². The first kappa shape index (κ1) is 15.9. The molecule has 0 atom stereocenters. The SMILES string of the molecule is C/C=C(\C)C(C)C.C=C(C)CC(C)C. The van der Waals surface area contributed by atoms with E-state index in [1.165, 1.54) is 17.6 Å². The van der Waals surface area contributed by atoms with Gasteiger partial charge in [-0.1, -0.05) is 44.9 Å². The van der Waals surface area contributed by atoms with E-state index in [-0.39, 0.29) is 0 Å². The molecule has 0 heteroatoms. The first-order valence-electron chi connectivity index (χ1n) is 5.58. The van der Waals surface area contributed by atoms with Crippen molar-refractivity contribution < 1.29 is 0 Å². The maximum atomic E-state index is 3.80. The first-order chi connectivity index (χ1) is 6.31. The van der Waals surface area contributed by atoms with Crippen LogP contribution >= 0.6 is 0 Å². The summed E-state index contributed by atoms with van der Waals surface area (Å²) in [7, 11) is 0. The van der Waals surface area contributed by atoms with Gasteiger partial charge in [-0.3, -0.25) is 0 Å². The zero-order chi connectivity index (χ0) is 11.7. The van der Waals surface area contributed by atoms with Gasteiger partial charge < -0.3 is 0 Å². The predicted octanol–water partition coefficient (Wildman–Crippen LogP) is 5.22. The Kier molecular flexibility index (Phi) is 10.3. The molecule has 0 unspecified atom stereocenters. The van der Waals surface area contributed by atoms with E-state index >= 15 is 0 Å². The Labute approximate surface area is 91.1 Å². The van der Waals surface area contributed by atoms with Gasteiger partial charge in [0.15, 0.2) is 0 Å². The largest absolute Gasteiger partial charge is 0.100 e.